The second-order valence-electron chi connectivity index (χ2n) is 7.56. The van der Waals surface area contributed by atoms with Gasteiger partial charge < -0.3 is 20.1 Å². The Kier molecular flexibility index (Phi) is 13.7. The average molecular weight is 496 g/mol. The topological polar surface area (TPSA) is 58.1 Å². The van der Waals surface area contributed by atoms with E-state index in [1.807, 2.05) is 0 Å². The molecule has 7 heteroatoms. The van der Waals surface area contributed by atoms with Crippen LogP contribution in [-0.2, 0) is 9.47 Å². The maximum absolute atomic E-state index is 5.53. The summed E-state index contributed by atoms with van der Waals surface area (Å²) in [6, 6.07) is 0. The van der Waals surface area contributed by atoms with Gasteiger partial charge in [0.15, 0.2) is 5.96 Å². The Bertz CT molecular complexity index is 397. The fraction of sp³-hybridized carbons (Fsp3) is 0.950. The summed E-state index contributed by atoms with van der Waals surface area (Å²) in [4.78, 5) is 7.75. The Morgan fingerprint density at radius 1 is 0.963 bits per heavy atom. The third-order valence-corrected chi connectivity index (χ3v) is 5.66. The highest BCUT2D eigenvalue weighted by molar-refractivity contribution is 14.0. The summed E-state index contributed by atoms with van der Waals surface area (Å²) in [5, 5.41) is 6.80. The minimum atomic E-state index is 0. The lowest BCUT2D eigenvalue weighted by molar-refractivity contribution is 0.0407. The average Bonchev–Trinajstić information content (AvgIpc) is 2.70. The summed E-state index contributed by atoms with van der Waals surface area (Å²) in [6.45, 7) is 9.15. The van der Waals surface area contributed by atoms with Crippen LogP contribution in [0, 0.1) is 0 Å². The van der Waals surface area contributed by atoms with E-state index >= 15 is 0 Å². The van der Waals surface area contributed by atoms with E-state index in [0.29, 0.717) is 19.8 Å². The monoisotopic (exact) mass is 496 g/mol. The third kappa shape index (κ3) is 8.83. The van der Waals surface area contributed by atoms with Crippen LogP contribution < -0.4 is 10.6 Å². The van der Waals surface area contributed by atoms with Gasteiger partial charge >= 0.3 is 0 Å². The number of piperidine rings is 1. The first-order valence-electron chi connectivity index (χ1n) is 10.6. The standard InChI is InChI=1S/C20H40N4O2.HI/c1-3-21-19(22-12-15-26-17-16-25-2)23-18-20(10-6-4-7-11-20)24-13-8-5-9-14-24;/h3-18H2,1-2H3,(H2,21,22,23);1H. The van der Waals surface area contributed by atoms with Crippen LogP contribution in [0.3, 0.4) is 0 Å². The molecular formula is C20H41IN4O2. The van der Waals surface area contributed by atoms with Crippen LogP contribution in [0.15, 0.2) is 4.99 Å². The van der Waals surface area contributed by atoms with Gasteiger partial charge in [0.2, 0.25) is 0 Å². The number of ether oxygens (including phenoxy) is 2. The number of methoxy groups -OCH3 is 1. The highest BCUT2D eigenvalue weighted by Gasteiger charge is 2.38. The van der Waals surface area contributed by atoms with Crippen molar-refractivity contribution in [1.29, 1.82) is 0 Å². The van der Waals surface area contributed by atoms with E-state index in [4.69, 9.17) is 14.5 Å². The third-order valence-electron chi connectivity index (χ3n) is 5.66. The summed E-state index contributed by atoms with van der Waals surface area (Å²) in [5.41, 5.74) is 0.288. The first kappa shape index (κ1) is 24.9. The smallest absolute Gasteiger partial charge is 0.191 e. The van der Waals surface area contributed by atoms with E-state index in [2.05, 4.69) is 22.5 Å². The number of halogens is 1. The van der Waals surface area contributed by atoms with E-state index in [0.717, 1.165) is 25.6 Å². The lowest BCUT2D eigenvalue weighted by atomic mass is 9.79. The molecule has 160 valence electrons. The van der Waals surface area contributed by atoms with Crippen molar-refractivity contribution in [2.24, 2.45) is 4.99 Å². The number of guanidine groups is 1. The number of aliphatic imine (C=N–C) groups is 1. The van der Waals surface area contributed by atoms with Crippen LogP contribution in [-0.4, -0.2) is 76.1 Å². The molecule has 1 saturated carbocycles. The maximum atomic E-state index is 5.53. The zero-order chi connectivity index (χ0) is 18.5. The normalized spacial score (nSPS) is 20.7. The van der Waals surface area contributed by atoms with Crippen molar-refractivity contribution in [3.63, 3.8) is 0 Å². The second-order valence-corrected chi connectivity index (χ2v) is 7.56. The zero-order valence-corrected chi connectivity index (χ0v) is 19.8. The molecule has 0 unspecified atom stereocenters. The number of likely N-dealkylation sites (tertiary alicyclic amines) is 1. The molecule has 0 amide bonds. The SMILES string of the molecule is CCNC(=NCC1(N2CCCCC2)CCCCC1)NCCOCCOC.I. The lowest BCUT2D eigenvalue weighted by Gasteiger charge is -2.47. The van der Waals surface area contributed by atoms with Gasteiger partial charge in [0, 0.05) is 25.7 Å². The van der Waals surface area contributed by atoms with Crippen molar-refractivity contribution in [2.45, 2.75) is 63.8 Å². The van der Waals surface area contributed by atoms with Crippen molar-refractivity contribution in [1.82, 2.24) is 15.5 Å². The molecule has 0 spiro atoms. The molecule has 1 aliphatic heterocycles. The first-order chi connectivity index (χ1) is 12.8. The maximum Gasteiger partial charge on any atom is 0.191 e. The Morgan fingerprint density at radius 2 is 1.67 bits per heavy atom. The second kappa shape index (κ2) is 14.8. The lowest BCUT2D eigenvalue weighted by Crippen LogP contribution is -2.54. The predicted octanol–water partition coefficient (Wildman–Crippen LogP) is 3.01. The van der Waals surface area contributed by atoms with Crippen molar-refractivity contribution in [3.8, 4) is 0 Å². The molecule has 1 heterocycles. The number of hydrogen-bond donors (Lipinski definition) is 2. The van der Waals surface area contributed by atoms with Crippen molar-refractivity contribution < 1.29 is 9.47 Å². The van der Waals surface area contributed by atoms with E-state index in [9.17, 15) is 0 Å². The molecule has 0 aromatic heterocycles. The summed E-state index contributed by atoms with van der Waals surface area (Å²) in [7, 11) is 1.70. The van der Waals surface area contributed by atoms with Gasteiger partial charge in [0.25, 0.3) is 0 Å². The molecule has 2 aliphatic rings. The van der Waals surface area contributed by atoms with Crippen LogP contribution in [0.2, 0.25) is 0 Å². The highest BCUT2D eigenvalue weighted by Crippen LogP contribution is 2.35. The Labute approximate surface area is 183 Å². The molecule has 1 saturated heterocycles. The van der Waals surface area contributed by atoms with E-state index in [1.165, 1.54) is 64.5 Å². The fourth-order valence-electron chi connectivity index (χ4n) is 4.21. The number of hydrogen-bond acceptors (Lipinski definition) is 4. The Balaban J connectivity index is 0.00000364. The van der Waals surface area contributed by atoms with Gasteiger partial charge in [0.1, 0.15) is 0 Å². The van der Waals surface area contributed by atoms with Crippen molar-refractivity contribution in [3.05, 3.63) is 0 Å². The molecule has 2 N–H and O–H groups in total. The molecule has 0 aromatic rings. The van der Waals surface area contributed by atoms with Crippen molar-refractivity contribution in [2.75, 3.05) is 59.7 Å². The number of rotatable bonds is 10. The molecule has 0 bridgehead atoms. The zero-order valence-electron chi connectivity index (χ0n) is 17.4. The summed E-state index contributed by atoms with van der Waals surface area (Å²) >= 11 is 0. The molecule has 27 heavy (non-hydrogen) atoms. The van der Waals surface area contributed by atoms with Crippen LogP contribution in [0.1, 0.15) is 58.3 Å². The highest BCUT2D eigenvalue weighted by atomic mass is 127. The first-order valence-corrected chi connectivity index (χ1v) is 10.6. The minimum Gasteiger partial charge on any atom is -0.382 e. The molecular weight excluding hydrogens is 455 g/mol. The molecule has 6 nitrogen and oxygen atoms in total. The molecule has 0 aromatic carbocycles. The Morgan fingerprint density at radius 3 is 2.33 bits per heavy atom. The van der Waals surface area contributed by atoms with Crippen LogP contribution >= 0.6 is 24.0 Å². The van der Waals surface area contributed by atoms with Gasteiger partial charge in [-0.2, -0.15) is 0 Å². The van der Waals surface area contributed by atoms with Crippen LogP contribution in [0.4, 0.5) is 0 Å². The van der Waals surface area contributed by atoms with E-state index in [1.54, 1.807) is 7.11 Å². The molecule has 1 aliphatic carbocycles. The van der Waals surface area contributed by atoms with Gasteiger partial charge in [-0.25, -0.2) is 0 Å². The molecule has 0 radical (unpaired) electrons. The Hall–Kier alpha value is -0.120. The quantitative estimate of drug-likeness (QED) is 0.211. The van der Waals surface area contributed by atoms with E-state index in [-0.39, 0.29) is 29.5 Å². The van der Waals surface area contributed by atoms with Gasteiger partial charge in [-0.1, -0.05) is 25.7 Å². The van der Waals surface area contributed by atoms with Gasteiger partial charge in [0.05, 0.1) is 26.4 Å². The van der Waals surface area contributed by atoms with Crippen LogP contribution in [0.5, 0.6) is 0 Å². The van der Waals surface area contributed by atoms with Gasteiger partial charge in [-0.15, -0.1) is 24.0 Å². The predicted molar refractivity (Wildman–Crippen MR) is 123 cm³/mol. The van der Waals surface area contributed by atoms with E-state index < -0.39 is 0 Å². The fourth-order valence-corrected chi connectivity index (χ4v) is 4.21. The largest absolute Gasteiger partial charge is 0.382 e. The molecule has 2 fully saturated rings. The number of nitrogens with one attached hydrogen (secondary N) is 2. The van der Waals surface area contributed by atoms with Gasteiger partial charge in [-0.05, 0) is 45.7 Å². The molecule has 2 rings (SSSR count). The molecule has 0 atom stereocenters. The van der Waals surface area contributed by atoms with Crippen molar-refractivity contribution >= 4 is 29.9 Å². The number of nitrogens with zero attached hydrogens (tertiary/aromatic N) is 2. The summed E-state index contributed by atoms with van der Waals surface area (Å²) in [6.07, 6.45) is 10.8. The summed E-state index contributed by atoms with van der Waals surface area (Å²) in [5.74, 6) is 0.921. The van der Waals surface area contributed by atoms with Gasteiger partial charge in [-0.3, -0.25) is 9.89 Å². The minimum absolute atomic E-state index is 0. The summed E-state index contributed by atoms with van der Waals surface area (Å²) < 4.78 is 10.5. The van der Waals surface area contributed by atoms with Crippen LogP contribution in [0.25, 0.3) is 0 Å².